The minimum atomic E-state index is -4.27. The lowest BCUT2D eigenvalue weighted by atomic mass is 10.3. The molecule has 2 heterocycles. The first-order valence-corrected chi connectivity index (χ1v) is 7.78. The fourth-order valence-electron chi connectivity index (χ4n) is 1.68. The Morgan fingerprint density at radius 3 is 2.76 bits per heavy atom. The van der Waals surface area contributed by atoms with Crippen molar-refractivity contribution < 1.29 is 18.1 Å². The molecule has 0 fully saturated rings. The monoisotopic (exact) mass is 332 g/mol. The Hall–Kier alpha value is -2.20. The molecule has 0 amide bonds. The number of halogens is 1. The van der Waals surface area contributed by atoms with E-state index >= 15 is 0 Å². The van der Waals surface area contributed by atoms with Crippen molar-refractivity contribution in [2.45, 2.75) is 11.4 Å². The van der Waals surface area contributed by atoms with Crippen LogP contribution in [0.1, 0.15) is 5.56 Å². The molecule has 0 saturated carbocycles. The molecule has 2 aromatic rings. The SMILES string of the molecule is COc1ncccc1Cn1cc(S(=O)(=O)Cl)c([N+](=O)[O-])n1. The summed E-state index contributed by atoms with van der Waals surface area (Å²) in [5, 5.41) is 14.4. The van der Waals surface area contributed by atoms with Crippen LogP contribution in [0.4, 0.5) is 5.82 Å². The summed E-state index contributed by atoms with van der Waals surface area (Å²) in [5.41, 5.74) is 0.580. The van der Waals surface area contributed by atoms with E-state index in [9.17, 15) is 18.5 Å². The van der Waals surface area contributed by atoms with E-state index in [0.717, 1.165) is 10.9 Å². The van der Waals surface area contributed by atoms with Gasteiger partial charge < -0.3 is 14.9 Å². The smallest absolute Gasteiger partial charge is 0.410 e. The van der Waals surface area contributed by atoms with Gasteiger partial charge in [0.1, 0.15) is 0 Å². The minimum Gasteiger partial charge on any atom is -0.481 e. The van der Waals surface area contributed by atoms with Crippen molar-refractivity contribution >= 4 is 25.6 Å². The summed E-state index contributed by atoms with van der Waals surface area (Å²) < 4.78 is 28.8. The average molecular weight is 333 g/mol. The number of nitro groups is 1. The highest BCUT2D eigenvalue weighted by molar-refractivity contribution is 8.13. The Kier molecular flexibility index (Phi) is 4.09. The predicted octanol–water partition coefficient (Wildman–Crippen LogP) is 1.17. The van der Waals surface area contributed by atoms with Crippen LogP contribution in [-0.4, -0.2) is 35.2 Å². The summed E-state index contributed by atoms with van der Waals surface area (Å²) >= 11 is 0. The molecule has 2 aromatic heterocycles. The van der Waals surface area contributed by atoms with E-state index in [4.69, 9.17) is 15.4 Å². The van der Waals surface area contributed by atoms with Gasteiger partial charge in [-0.3, -0.25) is 0 Å². The van der Waals surface area contributed by atoms with Crippen LogP contribution in [-0.2, 0) is 15.6 Å². The second-order valence-electron chi connectivity index (χ2n) is 3.88. The molecular weight excluding hydrogens is 324 g/mol. The van der Waals surface area contributed by atoms with Crippen LogP contribution in [0.5, 0.6) is 5.88 Å². The Labute approximate surface area is 123 Å². The van der Waals surface area contributed by atoms with E-state index < -0.39 is 24.7 Å². The van der Waals surface area contributed by atoms with Crippen molar-refractivity contribution in [1.82, 2.24) is 14.8 Å². The van der Waals surface area contributed by atoms with Gasteiger partial charge in [-0.05, 0) is 11.0 Å². The summed E-state index contributed by atoms with van der Waals surface area (Å²) in [7, 11) is 2.32. The second-order valence-corrected chi connectivity index (χ2v) is 6.42. The van der Waals surface area contributed by atoms with Gasteiger partial charge in [0.25, 0.3) is 9.05 Å². The van der Waals surface area contributed by atoms with E-state index in [1.807, 2.05) is 0 Å². The summed E-state index contributed by atoms with van der Waals surface area (Å²) in [4.78, 5) is 13.2. The molecule has 0 aliphatic carbocycles. The van der Waals surface area contributed by atoms with Crippen LogP contribution in [0.3, 0.4) is 0 Å². The van der Waals surface area contributed by atoms with Crippen molar-refractivity contribution in [2.75, 3.05) is 7.11 Å². The number of ether oxygens (including phenoxy) is 1. The molecule has 0 unspecified atom stereocenters. The zero-order chi connectivity index (χ0) is 15.6. The van der Waals surface area contributed by atoms with Crippen molar-refractivity contribution in [3.8, 4) is 5.88 Å². The molecule has 11 heteroatoms. The predicted molar refractivity (Wildman–Crippen MR) is 71.8 cm³/mol. The van der Waals surface area contributed by atoms with Gasteiger partial charge in [-0.2, -0.15) is 4.68 Å². The summed E-state index contributed by atoms with van der Waals surface area (Å²) in [5.74, 6) is -0.515. The van der Waals surface area contributed by atoms with Gasteiger partial charge in [0.2, 0.25) is 10.8 Å². The highest BCUT2D eigenvalue weighted by Gasteiger charge is 2.30. The van der Waals surface area contributed by atoms with E-state index in [0.29, 0.717) is 11.4 Å². The van der Waals surface area contributed by atoms with Gasteiger partial charge in [0.15, 0.2) is 0 Å². The summed E-state index contributed by atoms with van der Waals surface area (Å²) in [6, 6.07) is 3.32. The average Bonchev–Trinajstić information content (AvgIpc) is 2.83. The molecule has 0 spiro atoms. The molecule has 0 N–H and O–H groups in total. The van der Waals surface area contributed by atoms with Crippen LogP contribution >= 0.6 is 10.7 Å². The Balaban J connectivity index is 2.45. The Morgan fingerprint density at radius 1 is 1.52 bits per heavy atom. The zero-order valence-corrected chi connectivity index (χ0v) is 12.2. The van der Waals surface area contributed by atoms with Crippen molar-refractivity contribution in [3.63, 3.8) is 0 Å². The largest absolute Gasteiger partial charge is 0.481 e. The van der Waals surface area contributed by atoms with Crippen LogP contribution in [0.25, 0.3) is 0 Å². The standard InChI is InChI=1S/C10H9ClN4O5S/c1-20-10-7(3-2-4-12-10)5-14-6-8(21(11,18)19)9(13-14)15(16)17/h2-4,6H,5H2,1H3. The van der Waals surface area contributed by atoms with Gasteiger partial charge >= 0.3 is 5.82 Å². The Morgan fingerprint density at radius 2 is 2.24 bits per heavy atom. The second kappa shape index (κ2) is 5.66. The van der Waals surface area contributed by atoms with E-state index in [-0.39, 0.29) is 6.54 Å². The van der Waals surface area contributed by atoms with E-state index in [1.165, 1.54) is 13.3 Å². The summed E-state index contributed by atoms with van der Waals surface area (Å²) in [6.45, 7) is 0.0459. The zero-order valence-electron chi connectivity index (χ0n) is 10.6. The highest BCUT2D eigenvalue weighted by Crippen LogP contribution is 2.26. The number of rotatable bonds is 5. The lowest BCUT2D eigenvalue weighted by Gasteiger charge is -2.04. The third-order valence-corrected chi connectivity index (χ3v) is 3.83. The number of hydrogen-bond acceptors (Lipinski definition) is 7. The first-order valence-electron chi connectivity index (χ1n) is 5.47. The quantitative estimate of drug-likeness (QED) is 0.458. The van der Waals surface area contributed by atoms with E-state index in [2.05, 4.69) is 10.1 Å². The third-order valence-electron chi connectivity index (χ3n) is 2.52. The van der Waals surface area contributed by atoms with Gasteiger partial charge in [-0.25, -0.2) is 13.4 Å². The number of nitrogens with zero attached hydrogens (tertiary/aromatic N) is 4. The van der Waals surface area contributed by atoms with Crippen LogP contribution in [0.2, 0.25) is 0 Å². The molecule has 0 saturated heterocycles. The molecule has 0 bridgehead atoms. The number of hydrogen-bond donors (Lipinski definition) is 0. The van der Waals surface area contributed by atoms with Crippen molar-refractivity contribution in [3.05, 3.63) is 40.2 Å². The maximum atomic E-state index is 11.3. The van der Waals surface area contributed by atoms with Gasteiger partial charge in [0, 0.05) is 22.4 Å². The van der Waals surface area contributed by atoms with Crippen molar-refractivity contribution in [2.24, 2.45) is 0 Å². The fourth-order valence-corrected chi connectivity index (χ4v) is 2.58. The summed E-state index contributed by atoms with van der Waals surface area (Å²) in [6.07, 6.45) is 2.51. The molecule has 0 atom stereocenters. The molecule has 21 heavy (non-hydrogen) atoms. The third kappa shape index (κ3) is 3.28. The van der Waals surface area contributed by atoms with Crippen LogP contribution in [0, 0.1) is 10.1 Å². The number of methoxy groups -OCH3 is 1. The topological polar surface area (TPSA) is 117 Å². The molecular formula is C10H9ClN4O5S. The first kappa shape index (κ1) is 15.2. The molecule has 9 nitrogen and oxygen atoms in total. The molecule has 112 valence electrons. The normalized spacial score (nSPS) is 11.3. The molecule has 0 aliphatic rings. The Bertz CT molecular complexity index is 788. The van der Waals surface area contributed by atoms with Gasteiger partial charge in [-0.15, -0.1) is 0 Å². The van der Waals surface area contributed by atoms with E-state index in [1.54, 1.807) is 12.1 Å². The lowest BCUT2D eigenvalue weighted by molar-refractivity contribution is -0.392. The first-order chi connectivity index (χ1) is 9.82. The van der Waals surface area contributed by atoms with Gasteiger partial charge in [0.05, 0.1) is 25.0 Å². The van der Waals surface area contributed by atoms with Crippen molar-refractivity contribution in [1.29, 1.82) is 0 Å². The number of pyridine rings is 1. The number of aromatic nitrogens is 3. The molecule has 0 aromatic carbocycles. The maximum Gasteiger partial charge on any atom is 0.410 e. The molecule has 0 aliphatic heterocycles. The molecule has 2 rings (SSSR count). The maximum absolute atomic E-state index is 11.3. The molecule has 0 radical (unpaired) electrons. The minimum absolute atomic E-state index is 0.0459. The van der Waals surface area contributed by atoms with Crippen LogP contribution < -0.4 is 4.74 Å². The fraction of sp³-hybridized carbons (Fsp3) is 0.200. The van der Waals surface area contributed by atoms with Gasteiger partial charge in [-0.1, -0.05) is 6.07 Å². The highest BCUT2D eigenvalue weighted by atomic mass is 35.7. The lowest BCUT2D eigenvalue weighted by Crippen LogP contribution is -2.04. The van der Waals surface area contributed by atoms with Crippen LogP contribution in [0.15, 0.2) is 29.4 Å².